The number of carbonyl (C=O) groups is 1. The van der Waals surface area contributed by atoms with Gasteiger partial charge in [-0.1, -0.05) is 12.1 Å². The maximum atomic E-state index is 14.0. The zero-order valence-electron chi connectivity index (χ0n) is 18.6. The molecule has 2 fully saturated rings. The van der Waals surface area contributed by atoms with E-state index in [-0.39, 0.29) is 11.9 Å². The SMILES string of the molecule is CN=C(NCCCN1CCN(c2ccccc2F)CC1)NC1CCN(C(=O)OC)CC1. The van der Waals surface area contributed by atoms with Gasteiger partial charge in [-0.15, -0.1) is 0 Å². The fourth-order valence-electron chi connectivity index (χ4n) is 4.15. The van der Waals surface area contributed by atoms with Crippen LogP contribution in [0.5, 0.6) is 0 Å². The molecular formula is C22H35FN6O2. The first kappa shape index (κ1) is 23.1. The van der Waals surface area contributed by atoms with Gasteiger partial charge in [0.25, 0.3) is 0 Å². The lowest BCUT2D eigenvalue weighted by Gasteiger charge is -2.36. The summed E-state index contributed by atoms with van der Waals surface area (Å²) in [5, 5.41) is 6.85. The van der Waals surface area contributed by atoms with Crippen LogP contribution in [-0.2, 0) is 4.74 Å². The van der Waals surface area contributed by atoms with Crippen LogP contribution in [0, 0.1) is 5.82 Å². The summed E-state index contributed by atoms with van der Waals surface area (Å²) in [5.41, 5.74) is 0.705. The summed E-state index contributed by atoms with van der Waals surface area (Å²) in [6, 6.07) is 7.30. The summed E-state index contributed by atoms with van der Waals surface area (Å²) in [6.45, 7) is 6.82. The first-order chi connectivity index (χ1) is 15.1. The molecule has 2 aliphatic heterocycles. The molecule has 0 spiro atoms. The van der Waals surface area contributed by atoms with E-state index in [4.69, 9.17) is 4.74 Å². The lowest BCUT2D eigenvalue weighted by Crippen LogP contribution is -2.50. The molecule has 2 N–H and O–H groups in total. The highest BCUT2D eigenvalue weighted by molar-refractivity contribution is 5.80. The van der Waals surface area contributed by atoms with Gasteiger partial charge in [0, 0.05) is 58.9 Å². The van der Waals surface area contributed by atoms with Gasteiger partial charge in [-0.05, 0) is 37.9 Å². The van der Waals surface area contributed by atoms with Crippen LogP contribution in [0.3, 0.4) is 0 Å². The van der Waals surface area contributed by atoms with Gasteiger partial charge in [-0.3, -0.25) is 9.89 Å². The number of piperidine rings is 1. The number of guanidine groups is 1. The van der Waals surface area contributed by atoms with Gasteiger partial charge in [0.1, 0.15) is 5.82 Å². The fourth-order valence-corrected chi connectivity index (χ4v) is 4.15. The van der Waals surface area contributed by atoms with E-state index in [0.29, 0.717) is 24.8 Å². The third kappa shape index (κ3) is 6.72. The highest BCUT2D eigenvalue weighted by Gasteiger charge is 2.23. The maximum absolute atomic E-state index is 14.0. The van der Waals surface area contributed by atoms with Gasteiger partial charge in [0.2, 0.25) is 0 Å². The van der Waals surface area contributed by atoms with E-state index in [9.17, 15) is 9.18 Å². The first-order valence-electron chi connectivity index (χ1n) is 11.1. The normalized spacial score (nSPS) is 18.7. The number of hydrogen-bond donors (Lipinski definition) is 2. The van der Waals surface area contributed by atoms with Crippen molar-refractivity contribution in [1.29, 1.82) is 0 Å². The number of carbonyl (C=O) groups excluding carboxylic acids is 1. The Labute approximate surface area is 184 Å². The zero-order valence-corrected chi connectivity index (χ0v) is 18.6. The van der Waals surface area contributed by atoms with Crippen LogP contribution in [0.25, 0.3) is 0 Å². The lowest BCUT2D eigenvalue weighted by molar-refractivity contribution is 0.111. The van der Waals surface area contributed by atoms with Crippen LogP contribution in [0.2, 0.25) is 0 Å². The molecule has 8 nitrogen and oxygen atoms in total. The van der Waals surface area contributed by atoms with Crippen molar-refractivity contribution in [1.82, 2.24) is 20.4 Å². The van der Waals surface area contributed by atoms with Gasteiger partial charge in [-0.25, -0.2) is 9.18 Å². The lowest BCUT2D eigenvalue weighted by atomic mass is 10.1. The smallest absolute Gasteiger partial charge is 0.409 e. The van der Waals surface area contributed by atoms with E-state index in [1.54, 1.807) is 18.0 Å². The second-order valence-corrected chi connectivity index (χ2v) is 8.01. The Morgan fingerprint density at radius 2 is 1.87 bits per heavy atom. The van der Waals surface area contributed by atoms with Crippen LogP contribution >= 0.6 is 0 Å². The molecule has 0 atom stereocenters. The average molecular weight is 435 g/mol. The number of aliphatic imine (C=N–C) groups is 1. The molecule has 0 unspecified atom stereocenters. The Bertz CT molecular complexity index is 730. The molecule has 1 aromatic rings. The quantitative estimate of drug-likeness (QED) is 0.404. The highest BCUT2D eigenvalue weighted by atomic mass is 19.1. The van der Waals surface area contributed by atoms with Crippen molar-refractivity contribution >= 4 is 17.7 Å². The molecule has 2 saturated heterocycles. The molecular weight excluding hydrogens is 399 g/mol. The van der Waals surface area contributed by atoms with Crippen LogP contribution in [-0.4, -0.2) is 94.4 Å². The van der Waals surface area contributed by atoms with Crippen molar-refractivity contribution in [2.45, 2.75) is 25.3 Å². The van der Waals surface area contributed by atoms with E-state index >= 15 is 0 Å². The van der Waals surface area contributed by atoms with Crippen molar-refractivity contribution in [3.05, 3.63) is 30.1 Å². The molecule has 172 valence electrons. The summed E-state index contributed by atoms with van der Waals surface area (Å²) in [4.78, 5) is 22.2. The molecule has 2 aliphatic rings. The minimum atomic E-state index is -0.254. The van der Waals surface area contributed by atoms with Gasteiger partial charge in [-0.2, -0.15) is 0 Å². The van der Waals surface area contributed by atoms with Crippen molar-refractivity contribution in [3.63, 3.8) is 0 Å². The Hall–Kier alpha value is -2.55. The van der Waals surface area contributed by atoms with Crippen molar-refractivity contribution in [2.24, 2.45) is 4.99 Å². The van der Waals surface area contributed by atoms with Crippen LogP contribution < -0.4 is 15.5 Å². The second-order valence-electron chi connectivity index (χ2n) is 8.01. The topological polar surface area (TPSA) is 72.4 Å². The van der Waals surface area contributed by atoms with Gasteiger partial charge in [0.05, 0.1) is 12.8 Å². The molecule has 0 radical (unpaired) electrons. The Kier molecular flexibility index (Phi) is 8.75. The third-order valence-electron chi connectivity index (χ3n) is 6.00. The monoisotopic (exact) mass is 434 g/mol. The number of rotatable bonds is 6. The van der Waals surface area contributed by atoms with Crippen LogP contribution in [0.1, 0.15) is 19.3 Å². The van der Waals surface area contributed by atoms with E-state index in [0.717, 1.165) is 64.5 Å². The zero-order chi connectivity index (χ0) is 22.1. The number of methoxy groups -OCH3 is 1. The number of piperazine rings is 1. The number of ether oxygens (including phenoxy) is 1. The first-order valence-corrected chi connectivity index (χ1v) is 11.1. The summed E-state index contributed by atoms with van der Waals surface area (Å²) in [6.07, 6.45) is 2.52. The molecule has 1 amide bonds. The maximum Gasteiger partial charge on any atom is 0.409 e. The number of nitrogens with zero attached hydrogens (tertiary/aromatic N) is 4. The largest absolute Gasteiger partial charge is 0.453 e. The standard InChI is InChI=1S/C22H35FN6O2/c1-24-21(26-18-8-12-29(13-9-18)22(30)31-2)25-10-5-11-27-14-16-28(17-15-27)20-7-4-3-6-19(20)23/h3-4,6-7,18H,5,8-17H2,1-2H3,(H2,24,25,26). The number of amides is 1. The number of hydrogen-bond acceptors (Lipinski definition) is 5. The van der Waals surface area contributed by atoms with Gasteiger partial charge in [0.15, 0.2) is 5.96 Å². The van der Waals surface area contributed by atoms with E-state index in [1.165, 1.54) is 13.2 Å². The number of likely N-dealkylation sites (tertiary alicyclic amines) is 1. The molecule has 0 aliphatic carbocycles. The summed E-state index contributed by atoms with van der Waals surface area (Å²) >= 11 is 0. The third-order valence-corrected chi connectivity index (χ3v) is 6.00. The van der Waals surface area contributed by atoms with E-state index in [1.807, 2.05) is 12.1 Å². The predicted molar refractivity (Wildman–Crippen MR) is 121 cm³/mol. The fraction of sp³-hybridized carbons (Fsp3) is 0.636. The molecule has 1 aromatic carbocycles. The molecule has 9 heteroatoms. The number of halogens is 1. The number of para-hydroxylation sites is 1. The van der Waals surface area contributed by atoms with E-state index < -0.39 is 0 Å². The van der Waals surface area contributed by atoms with Crippen LogP contribution in [0.4, 0.5) is 14.9 Å². The summed E-state index contributed by atoms with van der Waals surface area (Å²) in [7, 11) is 3.20. The number of nitrogens with one attached hydrogen (secondary N) is 2. The minimum Gasteiger partial charge on any atom is -0.453 e. The summed E-state index contributed by atoms with van der Waals surface area (Å²) in [5.74, 6) is 0.663. The number of anilines is 1. The van der Waals surface area contributed by atoms with Crippen molar-refractivity contribution in [3.8, 4) is 0 Å². The minimum absolute atomic E-state index is 0.144. The van der Waals surface area contributed by atoms with Crippen molar-refractivity contribution < 1.29 is 13.9 Å². The Morgan fingerprint density at radius 3 is 2.52 bits per heavy atom. The Morgan fingerprint density at radius 1 is 1.16 bits per heavy atom. The Balaban J connectivity index is 1.30. The van der Waals surface area contributed by atoms with Gasteiger partial charge >= 0.3 is 6.09 Å². The molecule has 31 heavy (non-hydrogen) atoms. The van der Waals surface area contributed by atoms with Crippen LogP contribution in [0.15, 0.2) is 29.3 Å². The molecule has 3 rings (SSSR count). The summed E-state index contributed by atoms with van der Waals surface area (Å²) < 4.78 is 18.7. The highest BCUT2D eigenvalue weighted by Crippen LogP contribution is 2.20. The molecule has 2 heterocycles. The van der Waals surface area contributed by atoms with E-state index in [2.05, 4.69) is 25.4 Å². The van der Waals surface area contributed by atoms with Crippen molar-refractivity contribution in [2.75, 3.05) is 71.4 Å². The molecule has 0 aromatic heterocycles. The average Bonchev–Trinajstić information content (AvgIpc) is 2.81. The molecule has 0 saturated carbocycles. The molecule has 0 bridgehead atoms. The second kappa shape index (κ2) is 11.7. The number of benzene rings is 1. The predicted octanol–water partition coefficient (Wildman–Crippen LogP) is 1.73. The van der Waals surface area contributed by atoms with Gasteiger partial charge < -0.3 is 25.2 Å².